The van der Waals surface area contributed by atoms with Crippen molar-refractivity contribution in [2.45, 2.75) is 5.16 Å². The van der Waals surface area contributed by atoms with Crippen LogP contribution in [-0.4, -0.2) is 21.0 Å². The summed E-state index contributed by atoms with van der Waals surface area (Å²) in [6, 6.07) is 11.4. The largest absolute Gasteiger partial charge is 0.477 e. The van der Waals surface area contributed by atoms with Gasteiger partial charge in [0.2, 0.25) is 0 Å². The predicted molar refractivity (Wildman–Crippen MR) is 89.6 cm³/mol. The number of aromatic amines is 1. The van der Waals surface area contributed by atoms with E-state index in [2.05, 4.69) is 25.9 Å². The van der Waals surface area contributed by atoms with Gasteiger partial charge in [-0.05, 0) is 58.0 Å². The van der Waals surface area contributed by atoms with E-state index in [9.17, 15) is 9.90 Å². The number of carboxylic acid groups (broad SMARTS) is 1. The van der Waals surface area contributed by atoms with Gasteiger partial charge in [0, 0.05) is 4.88 Å². The molecule has 0 fully saturated rings. The molecule has 0 aliphatic rings. The number of benzene rings is 1. The van der Waals surface area contributed by atoms with Crippen LogP contribution < -0.4 is 0 Å². The fraction of sp³-hybridized carbons (Fsp3) is 0. The van der Waals surface area contributed by atoms with Crippen molar-refractivity contribution in [1.29, 1.82) is 0 Å². The molecule has 4 nitrogen and oxygen atoms in total. The molecule has 0 atom stereocenters. The molecule has 0 amide bonds. The van der Waals surface area contributed by atoms with Gasteiger partial charge in [-0.1, -0.05) is 12.1 Å². The highest BCUT2D eigenvalue weighted by Crippen LogP contribution is 2.31. The fourth-order valence-corrected chi connectivity index (χ4v) is 3.98. The lowest BCUT2D eigenvalue weighted by Gasteiger charge is -1.98. The monoisotopic (exact) mass is 380 g/mol. The number of para-hydroxylation sites is 2. The molecule has 2 aromatic heterocycles. The SMILES string of the molecule is O=C(O)/C(=C/c1ccc(Br)s1)Sc1nc2ccccc2[nH]1. The first-order chi connectivity index (χ1) is 10.1. The summed E-state index contributed by atoms with van der Waals surface area (Å²) in [5.74, 6) is -0.968. The lowest BCUT2D eigenvalue weighted by atomic mass is 10.3. The van der Waals surface area contributed by atoms with Crippen LogP contribution in [0, 0.1) is 0 Å². The summed E-state index contributed by atoms with van der Waals surface area (Å²) in [7, 11) is 0. The van der Waals surface area contributed by atoms with Gasteiger partial charge in [0.05, 0.1) is 14.8 Å². The normalized spacial score (nSPS) is 12.0. The molecule has 0 bridgehead atoms. The number of carbonyl (C=O) groups is 1. The van der Waals surface area contributed by atoms with Gasteiger partial charge in [-0.15, -0.1) is 11.3 Å². The molecule has 1 aromatic carbocycles. The number of hydrogen-bond acceptors (Lipinski definition) is 4. The number of thiophene rings is 1. The zero-order chi connectivity index (χ0) is 14.8. The van der Waals surface area contributed by atoms with E-state index in [0.717, 1.165) is 31.5 Å². The smallest absolute Gasteiger partial charge is 0.342 e. The van der Waals surface area contributed by atoms with Crippen LogP contribution >= 0.6 is 39.0 Å². The maximum absolute atomic E-state index is 11.4. The predicted octanol–water partition coefficient (Wildman–Crippen LogP) is 4.60. The second-order valence-corrected chi connectivity index (χ2v) is 7.64. The van der Waals surface area contributed by atoms with Gasteiger partial charge in [0.15, 0.2) is 5.16 Å². The van der Waals surface area contributed by atoms with Crippen LogP contribution in [0.1, 0.15) is 4.88 Å². The van der Waals surface area contributed by atoms with Crippen molar-refractivity contribution in [1.82, 2.24) is 9.97 Å². The van der Waals surface area contributed by atoms with Gasteiger partial charge >= 0.3 is 5.97 Å². The van der Waals surface area contributed by atoms with E-state index in [1.807, 2.05) is 36.4 Å². The number of H-pyrrole nitrogens is 1. The number of rotatable bonds is 4. The summed E-state index contributed by atoms with van der Waals surface area (Å²) in [5, 5.41) is 9.91. The molecule has 106 valence electrons. The second-order valence-electron chi connectivity index (χ2n) is 4.12. The number of thioether (sulfide) groups is 1. The highest BCUT2D eigenvalue weighted by atomic mass is 79.9. The molecule has 21 heavy (non-hydrogen) atoms. The Morgan fingerprint density at radius 1 is 1.33 bits per heavy atom. The molecule has 2 N–H and O–H groups in total. The third-order valence-electron chi connectivity index (χ3n) is 2.65. The van der Waals surface area contributed by atoms with Crippen molar-refractivity contribution >= 4 is 62.1 Å². The number of aromatic nitrogens is 2. The van der Waals surface area contributed by atoms with Gasteiger partial charge < -0.3 is 10.1 Å². The summed E-state index contributed by atoms with van der Waals surface area (Å²) in [6.07, 6.45) is 1.65. The maximum atomic E-state index is 11.4. The van der Waals surface area contributed by atoms with Crippen LogP contribution in [0.3, 0.4) is 0 Å². The molecule has 0 spiro atoms. The first-order valence-corrected chi connectivity index (χ1v) is 8.37. The average Bonchev–Trinajstić information content (AvgIpc) is 3.03. The highest BCUT2D eigenvalue weighted by Gasteiger charge is 2.13. The van der Waals surface area contributed by atoms with Crippen LogP contribution in [0.2, 0.25) is 0 Å². The number of aliphatic carboxylic acids is 1. The van der Waals surface area contributed by atoms with Crippen molar-refractivity contribution in [2.24, 2.45) is 0 Å². The number of nitrogens with one attached hydrogen (secondary N) is 1. The number of carboxylic acids is 1. The standard InChI is InChI=1S/C14H9BrN2O2S2/c15-12-6-5-8(20-12)7-11(13(18)19)21-14-16-9-3-1-2-4-10(9)17-14/h1-7H,(H,16,17)(H,18,19)/b11-7-. The molecule has 0 saturated carbocycles. The molecule has 2 heterocycles. The Morgan fingerprint density at radius 3 is 2.81 bits per heavy atom. The Labute approximate surface area is 137 Å². The minimum atomic E-state index is -0.968. The summed E-state index contributed by atoms with van der Waals surface area (Å²) < 4.78 is 0.965. The maximum Gasteiger partial charge on any atom is 0.342 e. The van der Waals surface area contributed by atoms with Crippen LogP contribution in [0.15, 0.2) is 50.2 Å². The third-order valence-corrected chi connectivity index (χ3v) is 5.12. The topological polar surface area (TPSA) is 66.0 Å². The summed E-state index contributed by atoms with van der Waals surface area (Å²) in [6.45, 7) is 0. The van der Waals surface area contributed by atoms with Gasteiger partial charge in [0.1, 0.15) is 4.91 Å². The minimum absolute atomic E-state index is 0.225. The Kier molecular flexibility index (Phi) is 4.14. The number of hydrogen-bond donors (Lipinski definition) is 2. The number of nitrogens with zero attached hydrogens (tertiary/aromatic N) is 1. The molecular weight excluding hydrogens is 372 g/mol. The molecule has 0 unspecified atom stereocenters. The zero-order valence-corrected chi connectivity index (χ0v) is 13.8. The Bertz CT molecular complexity index is 805. The lowest BCUT2D eigenvalue weighted by Crippen LogP contribution is -1.96. The Balaban J connectivity index is 1.91. The molecule has 0 aliphatic carbocycles. The minimum Gasteiger partial charge on any atom is -0.477 e. The molecule has 7 heteroatoms. The van der Waals surface area contributed by atoms with Crippen LogP contribution in [-0.2, 0) is 4.79 Å². The average molecular weight is 381 g/mol. The van der Waals surface area contributed by atoms with Crippen molar-refractivity contribution in [3.63, 3.8) is 0 Å². The molecule has 0 radical (unpaired) electrons. The molecule has 0 saturated heterocycles. The molecular formula is C14H9BrN2O2S2. The third kappa shape index (κ3) is 3.37. The summed E-state index contributed by atoms with van der Waals surface area (Å²) in [4.78, 5) is 20.0. The Hall–Kier alpha value is -1.57. The highest BCUT2D eigenvalue weighted by molar-refractivity contribution is 9.11. The quantitative estimate of drug-likeness (QED) is 0.512. The van der Waals surface area contributed by atoms with Gasteiger partial charge in [-0.25, -0.2) is 9.78 Å². The number of imidazole rings is 1. The molecule has 3 aromatic rings. The van der Waals surface area contributed by atoms with E-state index < -0.39 is 5.97 Å². The van der Waals surface area contributed by atoms with E-state index in [1.165, 1.54) is 11.3 Å². The van der Waals surface area contributed by atoms with E-state index >= 15 is 0 Å². The van der Waals surface area contributed by atoms with E-state index in [-0.39, 0.29) is 4.91 Å². The van der Waals surface area contributed by atoms with Gasteiger partial charge in [-0.2, -0.15) is 0 Å². The molecule has 0 aliphatic heterocycles. The second kappa shape index (κ2) is 6.05. The van der Waals surface area contributed by atoms with Crippen LogP contribution in [0.4, 0.5) is 0 Å². The number of fused-ring (bicyclic) bond motifs is 1. The summed E-state index contributed by atoms with van der Waals surface area (Å²) >= 11 is 5.96. The number of halogens is 1. The van der Waals surface area contributed by atoms with Crippen LogP contribution in [0.5, 0.6) is 0 Å². The van der Waals surface area contributed by atoms with Crippen molar-refractivity contribution in [3.05, 3.63) is 50.0 Å². The van der Waals surface area contributed by atoms with Gasteiger partial charge in [-0.3, -0.25) is 0 Å². The van der Waals surface area contributed by atoms with E-state index in [4.69, 9.17) is 0 Å². The fourth-order valence-electron chi connectivity index (χ4n) is 1.75. The zero-order valence-electron chi connectivity index (χ0n) is 10.5. The lowest BCUT2D eigenvalue weighted by molar-refractivity contribution is -0.131. The van der Waals surface area contributed by atoms with Crippen molar-refractivity contribution in [2.75, 3.05) is 0 Å². The first kappa shape index (κ1) is 14.4. The van der Waals surface area contributed by atoms with E-state index in [1.54, 1.807) is 6.08 Å². The Morgan fingerprint density at radius 2 is 2.14 bits per heavy atom. The molecule has 3 rings (SSSR count). The van der Waals surface area contributed by atoms with Crippen molar-refractivity contribution in [3.8, 4) is 0 Å². The van der Waals surface area contributed by atoms with Crippen molar-refractivity contribution < 1.29 is 9.90 Å². The van der Waals surface area contributed by atoms with Gasteiger partial charge in [0.25, 0.3) is 0 Å². The van der Waals surface area contributed by atoms with E-state index in [0.29, 0.717) is 5.16 Å². The van der Waals surface area contributed by atoms with Crippen LogP contribution in [0.25, 0.3) is 17.1 Å². The first-order valence-electron chi connectivity index (χ1n) is 5.95. The summed E-state index contributed by atoms with van der Waals surface area (Å²) in [5.41, 5.74) is 1.72.